The second-order valence-corrected chi connectivity index (χ2v) is 9.56. The SMILES string of the molecule is CCC1CC([N+]2(C)C=C(OCC(F)(F)F)C(=O)C2CC(=O)c2cccc(Cl)c2)CCN1C(=O)CO. The van der Waals surface area contributed by atoms with Crippen molar-refractivity contribution in [1.29, 1.82) is 0 Å². The van der Waals surface area contributed by atoms with Crippen molar-refractivity contribution in [3.63, 3.8) is 0 Å². The van der Waals surface area contributed by atoms with Crippen molar-refractivity contribution in [2.75, 3.05) is 26.8 Å². The van der Waals surface area contributed by atoms with Crippen LogP contribution in [-0.4, -0.2) is 83.1 Å². The lowest BCUT2D eigenvalue weighted by Crippen LogP contribution is -2.61. The van der Waals surface area contributed by atoms with Crippen LogP contribution in [0.2, 0.25) is 5.02 Å². The fraction of sp³-hybridized carbons (Fsp3) is 0.542. The third kappa shape index (κ3) is 6.05. The number of likely N-dealkylation sites (tertiary alicyclic amines) is 1. The minimum absolute atomic E-state index is 0.101. The van der Waals surface area contributed by atoms with Gasteiger partial charge in [-0.05, 0) is 18.6 Å². The number of carbonyl (C=O) groups is 3. The molecule has 7 nitrogen and oxygen atoms in total. The molecule has 1 fully saturated rings. The van der Waals surface area contributed by atoms with E-state index in [1.54, 1.807) is 30.1 Å². The molecule has 0 saturated carbocycles. The van der Waals surface area contributed by atoms with Crippen LogP contribution in [0.15, 0.2) is 36.2 Å². The molecule has 0 bridgehead atoms. The smallest absolute Gasteiger partial charge is 0.422 e. The standard InChI is InChI=1S/C24H29ClF3N2O5/c1-3-17-10-18(7-8-29(17)22(33)13-31)30(2)12-21(35-14-24(26,27)28)23(34)19(30)11-20(32)15-5-4-6-16(25)9-15/h4-6,9,12,17-19,31H,3,7-8,10-11,13-14H2,1-2H3/q+1. The van der Waals surface area contributed by atoms with Crippen LogP contribution in [0.5, 0.6) is 0 Å². The maximum atomic E-state index is 13.2. The quantitative estimate of drug-likeness (QED) is 0.421. The number of hydrogen-bond acceptors (Lipinski definition) is 5. The number of quaternary nitrogens is 1. The fourth-order valence-electron chi connectivity index (χ4n) is 5.04. The van der Waals surface area contributed by atoms with Crippen LogP contribution in [-0.2, 0) is 14.3 Å². The van der Waals surface area contributed by atoms with Crippen molar-refractivity contribution in [3.05, 3.63) is 46.8 Å². The van der Waals surface area contributed by atoms with Crippen LogP contribution < -0.4 is 0 Å². The number of amides is 1. The molecule has 192 valence electrons. The second-order valence-electron chi connectivity index (χ2n) is 9.12. The van der Waals surface area contributed by atoms with Gasteiger partial charge in [0, 0.05) is 36.0 Å². The predicted molar refractivity (Wildman–Crippen MR) is 121 cm³/mol. The Hall–Kier alpha value is -2.43. The number of carbonyl (C=O) groups excluding carboxylic acids is 3. The first-order valence-corrected chi connectivity index (χ1v) is 11.8. The van der Waals surface area contributed by atoms with Gasteiger partial charge in [0.2, 0.25) is 11.7 Å². The summed E-state index contributed by atoms with van der Waals surface area (Å²) in [6.45, 7) is -0.00171. The minimum atomic E-state index is -4.62. The molecule has 1 aromatic carbocycles. The van der Waals surface area contributed by atoms with Gasteiger partial charge in [-0.1, -0.05) is 30.7 Å². The Kier molecular flexibility index (Phi) is 8.28. The molecule has 1 aromatic rings. The summed E-state index contributed by atoms with van der Waals surface area (Å²) in [7, 11) is 1.71. The van der Waals surface area contributed by atoms with Crippen molar-refractivity contribution < 1.29 is 41.9 Å². The number of ketones is 2. The van der Waals surface area contributed by atoms with Gasteiger partial charge in [-0.25, -0.2) is 0 Å². The second kappa shape index (κ2) is 10.7. The number of rotatable bonds is 8. The monoisotopic (exact) mass is 517 g/mol. The first-order valence-electron chi connectivity index (χ1n) is 11.4. The molecule has 11 heteroatoms. The Balaban J connectivity index is 1.91. The van der Waals surface area contributed by atoms with E-state index in [-0.39, 0.29) is 28.8 Å². The number of aliphatic hydroxyl groups is 1. The lowest BCUT2D eigenvalue weighted by molar-refractivity contribution is -0.898. The summed E-state index contributed by atoms with van der Waals surface area (Å²) < 4.78 is 43.2. The molecule has 0 aromatic heterocycles. The average Bonchev–Trinajstić information content (AvgIpc) is 3.06. The third-order valence-corrected chi connectivity index (χ3v) is 7.17. The molecule has 35 heavy (non-hydrogen) atoms. The molecular formula is C24H29ClF3N2O5+. The van der Waals surface area contributed by atoms with Crippen LogP contribution in [0.4, 0.5) is 13.2 Å². The van der Waals surface area contributed by atoms with Gasteiger partial charge >= 0.3 is 6.18 Å². The zero-order chi connectivity index (χ0) is 26.0. The number of halogens is 4. The summed E-state index contributed by atoms with van der Waals surface area (Å²) in [6, 6.07) is 4.82. The van der Waals surface area contributed by atoms with Gasteiger partial charge in [0.1, 0.15) is 12.8 Å². The van der Waals surface area contributed by atoms with E-state index in [4.69, 9.17) is 16.3 Å². The molecule has 2 heterocycles. The maximum absolute atomic E-state index is 13.2. The topological polar surface area (TPSA) is 83.9 Å². The molecular weight excluding hydrogens is 489 g/mol. The van der Waals surface area contributed by atoms with E-state index in [0.29, 0.717) is 36.4 Å². The van der Waals surface area contributed by atoms with Gasteiger partial charge in [0.05, 0.1) is 19.5 Å². The molecule has 2 aliphatic rings. The van der Waals surface area contributed by atoms with E-state index < -0.39 is 42.9 Å². The number of hydrogen-bond donors (Lipinski definition) is 1. The van der Waals surface area contributed by atoms with E-state index in [9.17, 15) is 32.7 Å². The highest BCUT2D eigenvalue weighted by atomic mass is 35.5. The van der Waals surface area contributed by atoms with Crippen LogP contribution in [0.1, 0.15) is 43.0 Å². The summed E-state index contributed by atoms with van der Waals surface area (Å²) in [5, 5.41) is 9.64. The summed E-state index contributed by atoms with van der Waals surface area (Å²) in [5.41, 5.74) is 0.302. The molecule has 0 aliphatic carbocycles. The zero-order valence-corrected chi connectivity index (χ0v) is 20.3. The van der Waals surface area contributed by atoms with E-state index >= 15 is 0 Å². The van der Waals surface area contributed by atoms with E-state index in [1.807, 2.05) is 6.92 Å². The number of benzene rings is 1. The third-order valence-electron chi connectivity index (χ3n) is 6.93. The van der Waals surface area contributed by atoms with Crippen molar-refractivity contribution >= 4 is 29.1 Å². The lowest BCUT2D eigenvalue weighted by atomic mass is 9.90. The molecule has 0 spiro atoms. The van der Waals surface area contributed by atoms with Crippen molar-refractivity contribution in [3.8, 4) is 0 Å². The van der Waals surface area contributed by atoms with Gasteiger partial charge in [-0.2, -0.15) is 13.2 Å². The molecule has 1 saturated heterocycles. The number of likely N-dealkylation sites (N-methyl/N-ethyl adjacent to an activating group) is 1. The molecule has 4 unspecified atom stereocenters. The summed E-state index contributed by atoms with van der Waals surface area (Å²) >= 11 is 5.99. The number of nitrogens with zero attached hydrogens (tertiary/aromatic N) is 2. The molecule has 1 N–H and O–H groups in total. The first kappa shape index (κ1) is 27.2. The molecule has 2 aliphatic heterocycles. The highest BCUT2D eigenvalue weighted by Crippen LogP contribution is 2.38. The van der Waals surface area contributed by atoms with E-state index in [1.165, 1.54) is 12.3 Å². The number of Topliss-reactive ketones (excluding diaryl/α,β-unsaturated/α-hetero) is 2. The lowest BCUT2D eigenvalue weighted by Gasteiger charge is -2.46. The fourth-order valence-corrected chi connectivity index (χ4v) is 5.23. The van der Waals surface area contributed by atoms with Crippen LogP contribution in [0.25, 0.3) is 0 Å². The highest BCUT2D eigenvalue weighted by Gasteiger charge is 2.54. The van der Waals surface area contributed by atoms with E-state index in [2.05, 4.69) is 0 Å². The highest BCUT2D eigenvalue weighted by molar-refractivity contribution is 6.31. The maximum Gasteiger partial charge on any atom is 0.422 e. The Labute approximate surface area is 206 Å². The Morgan fingerprint density at radius 2 is 2.03 bits per heavy atom. The number of aliphatic hydroxyl groups excluding tert-OH is 1. The Morgan fingerprint density at radius 3 is 2.63 bits per heavy atom. The van der Waals surface area contributed by atoms with Gasteiger partial charge in [0.25, 0.3) is 5.78 Å². The number of ether oxygens (including phenoxy) is 1. The average molecular weight is 518 g/mol. The molecule has 0 radical (unpaired) electrons. The Bertz CT molecular complexity index is 1020. The predicted octanol–water partition coefficient (Wildman–Crippen LogP) is 3.49. The van der Waals surface area contributed by atoms with Gasteiger partial charge in [0.15, 0.2) is 18.4 Å². The van der Waals surface area contributed by atoms with Crippen LogP contribution in [0, 0.1) is 0 Å². The van der Waals surface area contributed by atoms with Gasteiger partial charge < -0.3 is 14.7 Å². The summed E-state index contributed by atoms with van der Waals surface area (Å²) in [6.07, 6.45) is -1.98. The molecule has 1 amide bonds. The number of piperidine rings is 1. The Morgan fingerprint density at radius 1 is 1.31 bits per heavy atom. The van der Waals surface area contributed by atoms with Crippen molar-refractivity contribution in [1.82, 2.24) is 4.90 Å². The van der Waals surface area contributed by atoms with Gasteiger partial charge in [-0.3, -0.25) is 18.9 Å². The van der Waals surface area contributed by atoms with Gasteiger partial charge in [-0.15, -0.1) is 0 Å². The summed E-state index contributed by atoms with van der Waals surface area (Å²) in [4.78, 5) is 40.0. The van der Waals surface area contributed by atoms with Crippen molar-refractivity contribution in [2.24, 2.45) is 0 Å². The van der Waals surface area contributed by atoms with Crippen LogP contribution >= 0.6 is 11.6 Å². The first-order chi connectivity index (χ1) is 16.4. The molecule has 3 rings (SSSR count). The minimum Gasteiger partial charge on any atom is -0.476 e. The largest absolute Gasteiger partial charge is 0.476 e. The zero-order valence-electron chi connectivity index (χ0n) is 19.6. The van der Waals surface area contributed by atoms with Crippen LogP contribution in [0.3, 0.4) is 0 Å². The summed E-state index contributed by atoms with van der Waals surface area (Å²) in [5.74, 6) is -1.82. The molecule has 4 atom stereocenters. The van der Waals surface area contributed by atoms with Crippen molar-refractivity contribution in [2.45, 2.75) is 56.9 Å². The normalized spacial score (nSPS) is 27.1. The number of alkyl halides is 3. The van der Waals surface area contributed by atoms with E-state index in [0.717, 1.165) is 0 Å².